The Balaban J connectivity index is 2.50. The predicted molar refractivity (Wildman–Crippen MR) is 102 cm³/mol. The number of benzene rings is 2. The Hall–Kier alpha value is -2.66. The molecule has 0 aliphatic heterocycles. The smallest absolute Gasteiger partial charge is 0.420 e. The predicted octanol–water partition coefficient (Wildman–Crippen LogP) is 4.04. The van der Waals surface area contributed by atoms with Gasteiger partial charge in [0.1, 0.15) is 17.9 Å². The Morgan fingerprint density at radius 3 is 2.41 bits per heavy atom. The van der Waals surface area contributed by atoms with E-state index in [-0.39, 0.29) is 22.1 Å². The molecule has 0 spiro atoms. The number of nitrogens with zero attached hydrogens (tertiary/aromatic N) is 1. The molecule has 2 aromatic carbocycles. The molecule has 2 aromatic rings. The molecule has 2 N–H and O–H groups in total. The van der Waals surface area contributed by atoms with Crippen molar-refractivity contribution in [2.75, 3.05) is 29.5 Å². The van der Waals surface area contributed by atoms with Crippen LogP contribution in [0.15, 0.2) is 36.4 Å². The quantitative estimate of drug-likeness (QED) is 0.658. The highest BCUT2D eigenvalue weighted by Crippen LogP contribution is 2.42. The maximum absolute atomic E-state index is 13.6. The first-order chi connectivity index (χ1) is 13.3. The lowest BCUT2D eigenvalue weighted by Gasteiger charge is -2.21. The molecule has 0 heterocycles. The van der Waals surface area contributed by atoms with Gasteiger partial charge in [-0.15, -0.1) is 0 Å². The van der Waals surface area contributed by atoms with Crippen LogP contribution in [0.5, 0.6) is 11.5 Å². The average molecular weight is 453 g/mol. The number of rotatable bonds is 7. The van der Waals surface area contributed by atoms with E-state index in [4.69, 9.17) is 21.4 Å². The molecule has 0 aromatic heterocycles. The lowest BCUT2D eigenvalue weighted by molar-refractivity contribution is -0.138. The fraction of sp³-hybridized carbons (Fsp3) is 0.235. The van der Waals surface area contributed by atoms with Gasteiger partial charge >= 0.3 is 12.1 Å². The zero-order chi connectivity index (χ0) is 22.0. The second-order valence-electron chi connectivity index (χ2n) is 5.90. The van der Waals surface area contributed by atoms with E-state index >= 15 is 0 Å². The first kappa shape index (κ1) is 22.6. The van der Waals surface area contributed by atoms with Gasteiger partial charge in [-0.2, -0.15) is 13.2 Å². The van der Waals surface area contributed by atoms with Crippen LogP contribution in [-0.2, 0) is 21.0 Å². The number of carboxylic acids is 1. The molecule has 12 heteroatoms. The van der Waals surface area contributed by atoms with Gasteiger partial charge in [-0.3, -0.25) is 9.10 Å². The number of aliphatic carboxylic acids is 1. The average Bonchev–Trinajstić information content (AvgIpc) is 2.59. The van der Waals surface area contributed by atoms with Crippen LogP contribution in [-0.4, -0.2) is 39.3 Å². The van der Waals surface area contributed by atoms with E-state index in [9.17, 15) is 26.4 Å². The number of anilines is 2. The van der Waals surface area contributed by atoms with Crippen molar-refractivity contribution in [3.05, 3.63) is 47.0 Å². The molecule has 0 saturated carbocycles. The maximum atomic E-state index is 13.6. The zero-order valence-electron chi connectivity index (χ0n) is 15.1. The van der Waals surface area contributed by atoms with Gasteiger partial charge in [0.05, 0.1) is 17.6 Å². The van der Waals surface area contributed by atoms with E-state index in [0.717, 1.165) is 25.4 Å². The largest absolute Gasteiger partial charge is 0.480 e. The zero-order valence-corrected chi connectivity index (χ0v) is 16.7. The number of carbonyl (C=O) groups is 1. The Labute approximate surface area is 169 Å². The van der Waals surface area contributed by atoms with Crippen molar-refractivity contribution >= 4 is 39.0 Å². The fourth-order valence-corrected chi connectivity index (χ4v) is 2.89. The highest BCUT2D eigenvalue weighted by atomic mass is 35.5. The van der Waals surface area contributed by atoms with Crippen LogP contribution >= 0.6 is 11.6 Å². The number of nitrogens with one attached hydrogen (secondary N) is 1. The molecule has 0 fully saturated rings. The van der Waals surface area contributed by atoms with E-state index in [0.29, 0.717) is 10.4 Å². The first-order valence-corrected chi connectivity index (χ1v) is 10.1. The number of hydrogen-bond donors (Lipinski definition) is 2. The van der Waals surface area contributed by atoms with Crippen molar-refractivity contribution in [2.24, 2.45) is 0 Å². The number of ether oxygens (including phenoxy) is 1. The van der Waals surface area contributed by atoms with Crippen molar-refractivity contribution < 1.29 is 36.2 Å². The molecule has 0 bridgehead atoms. The van der Waals surface area contributed by atoms with Crippen molar-refractivity contribution in [1.29, 1.82) is 0 Å². The van der Waals surface area contributed by atoms with Crippen LogP contribution in [0.1, 0.15) is 5.56 Å². The van der Waals surface area contributed by atoms with Crippen LogP contribution in [0.4, 0.5) is 24.5 Å². The lowest BCUT2D eigenvalue weighted by Crippen LogP contribution is -2.25. The summed E-state index contributed by atoms with van der Waals surface area (Å²) in [7, 11) is -2.65. The molecule has 0 saturated heterocycles. The minimum Gasteiger partial charge on any atom is -0.480 e. The summed E-state index contributed by atoms with van der Waals surface area (Å²) in [5.41, 5.74) is -1.31. The number of alkyl halides is 3. The molecule has 0 radical (unpaired) electrons. The van der Waals surface area contributed by atoms with Gasteiger partial charge in [0, 0.05) is 18.1 Å². The normalized spacial score (nSPS) is 11.8. The number of hydrogen-bond acceptors (Lipinski definition) is 5. The summed E-state index contributed by atoms with van der Waals surface area (Å²) in [6, 6.07) is 6.77. The van der Waals surface area contributed by atoms with Crippen LogP contribution in [0.3, 0.4) is 0 Å². The topological polar surface area (TPSA) is 95.9 Å². The van der Waals surface area contributed by atoms with E-state index in [1.165, 1.54) is 18.2 Å². The summed E-state index contributed by atoms with van der Waals surface area (Å²) in [5, 5.41) is 11.4. The second-order valence-corrected chi connectivity index (χ2v) is 8.35. The van der Waals surface area contributed by atoms with Crippen LogP contribution < -0.4 is 14.4 Å². The van der Waals surface area contributed by atoms with Gasteiger partial charge in [0.15, 0.2) is 5.75 Å². The summed E-state index contributed by atoms with van der Waals surface area (Å²) in [6.45, 7) is -0.498. The van der Waals surface area contributed by atoms with E-state index in [1.807, 2.05) is 0 Å². The van der Waals surface area contributed by atoms with Crippen molar-refractivity contribution in [3.63, 3.8) is 0 Å². The Morgan fingerprint density at radius 2 is 1.86 bits per heavy atom. The first-order valence-electron chi connectivity index (χ1n) is 7.87. The highest BCUT2D eigenvalue weighted by Gasteiger charge is 2.36. The number of carboxylic acid groups (broad SMARTS) is 1. The summed E-state index contributed by atoms with van der Waals surface area (Å²) < 4.78 is 70.0. The van der Waals surface area contributed by atoms with Crippen LogP contribution in [0.25, 0.3) is 0 Å². The standard InChI is InChI=1S/C17H16ClF3N2O5S/c1-23(29(2,26)27)11-4-6-14(12(8-11)17(19,20)21)28-15-7-10(18)3-5-13(15)22-9-16(24)25/h3-8,22H,9H2,1-2H3,(H,24,25). The van der Waals surface area contributed by atoms with E-state index < -0.39 is 40.0 Å². The molecular weight excluding hydrogens is 437 g/mol. The van der Waals surface area contributed by atoms with E-state index in [1.54, 1.807) is 0 Å². The SMILES string of the molecule is CN(c1ccc(Oc2cc(Cl)ccc2NCC(=O)O)c(C(F)(F)F)c1)S(C)(=O)=O. The van der Waals surface area contributed by atoms with Gasteiger partial charge in [-0.05, 0) is 30.3 Å². The minimum atomic E-state index is -4.85. The molecular formula is C17H16ClF3N2O5S. The molecule has 0 amide bonds. The monoisotopic (exact) mass is 452 g/mol. The Bertz CT molecular complexity index is 1030. The third-order valence-electron chi connectivity index (χ3n) is 3.72. The molecule has 0 aliphatic carbocycles. The van der Waals surface area contributed by atoms with Crippen LogP contribution in [0.2, 0.25) is 5.02 Å². The van der Waals surface area contributed by atoms with Crippen molar-refractivity contribution in [1.82, 2.24) is 0 Å². The second kappa shape index (κ2) is 8.37. The van der Waals surface area contributed by atoms with Gasteiger partial charge < -0.3 is 15.2 Å². The molecule has 29 heavy (non-hydrogen) atoms. The molecule has 0 aliphatic rings. The van der Waals surface area contributed by atoms with Gasteiger partial charge in [0.2, 0.25) is 10.0 Å². The molecule has 0 atom stereocenters. The van der Waals surface area contributed by atoms with Gasteiger partial charge in [-0.25, -0.2) is 8.42 Å². The summed E-state index contributed by atoms with van der Waals surface area (Å²) in [4.78, 5) is 10.7. The van der Waals surface area contributed by atoms with Gasteiger partial charge in [0.25, 0.3) is 0 Å². The summed E-state index contributed by atoms with van der Waals surface area (Å²) in [5.74, 6) is -1.92. The maximum Gasteiger partial charge on any atom is 0.420 e. The fourth-order valence-electron chi connectivity index (χ4n) is 2.23. The lowest BCUT2D eigenvalue weighted by atomic mass is 10.1. The summed E-state index contributed by atoms with van der Waals surface area (Å²) in [6.07, 6.45) is -3.99. The Kier molecular flexibility index (Phi) is 6.53. The highest BCUT2D eigenvalue weighted by molar-refractivity contribution is 7.92. The molecule has 0 unspecified atom stereocenters. The number of halogens is 4. The van der Waals surface area contributed by atoms with E-state index in [2.05, 4.69) is 5.32 Å². The van der Waals surface area contributed by atoms with Gasteiger partial charge in [-0.1, -0.05) is 11.6 Å². The third-order valence-corrected chi connectivity index (χ3v) is 5.16. The molecule has 2 rings (SSSR count). The minimum absolute atomic E-state index is 0.113. The van der Waals surface area contributed by atoms with Crippen molar-refractivity contribution in [3.8, 4) is 11.5 Å². The molecule has 158 valence electrons. The van der Waals surface area contributed by atoms with Crippen molar-refractivity contribution in [2.45, 2.75) is 6.18 Å². The third kappa shape index (κ3) is 5.91. The number of sulfonamides is 1. The summed E-state index contributed by atoms with van der Waals surface area (Å²) >= 11 is 5.87. The Morgan fingerprint density at radius 1 is 1.21 bits per heavy atom. The molecule has 7 nitrogen and oxygen atoms in total. The van der Waals surface area contributed by atoms with Crippen LogP contribution in [0, 0.1) is 0 Å².